The molecule has 1 aromatic heterocycles. The fourth-order valence-corrected chi connectivity index (χ4v) is 2.09. The Kier molecular flexibility index (Phi) is 3.08. The first kappa shape index (κ1) is 11.3. The van der Waals surface area contributed by atoms with Gasteiger partial charge in [-0.25, -0.2) is 4.98 Å². The molecule has 0 radical (unpaired) electrons. The van der Waals surface area contributed by atoms with Crippen LogP contribution in [0.15, 0.2) is 0 Å². The molecular weight excluding hydrogens is 200 g/mol. The summed E-state index contributed by atoms with van der Waals surface area (Å²) in [7, 11) is 0. The van der Waals surface area contributed by atoms with Gasteiger partial charge in [-0.1, -0.05) is 13.8 Å². The summed E-state index contributed by atoms with van der Waals surface area (Å²) in [6.07, 6.45) is 5.52. The Morgan fingerprint density at radius 3 is 2.31 bits per heavy atom. The summed E-state index contributed by atoms with van der Waals surface area (Å²) in [5.74, 6) is 0.691. The van der Waals surface area contributed by atoms with Crippen LogP contribution >= 0.6 is 0 Å². The van der Waals surface area contributed by atoms with E-state index in [0.717, 1.165) is 24.2 Å². The monoisotopic (exact) mass is 220 g/mol. The molecular formula is C12H20N4. The van der Waals surface area contributed by atoms with Crippen molar-refractivity contribution in [2.75, 3.05) is 5.32 Å². The van der Waals surface area contributed by atoms with Gasteiger partial charge in [-0.05, 0) is 39.0 Å². The molecule has 0 atom stereocenters. The average molecular weight is 220 g/mol. The van der Waals surface area contributed by atoms with Gasteiger partial charge in [-0.3, -0.25) is 0 Å². The maximum atomic E-state index is 4.54. The molecule has 1 aromatic rings. The Morgan fingerprint density at radius 1 is 1.12 bits per heavy atom. The molecule has 2 rings (SSSR count). The van der Waals surface area contributed by atoms with Crippen LogP contribution in [0.2, 0.25) is 0 Å². The van der Waals surface area contributed by atoms with E-state index in [0.29, 0.717) is 5.95 Å². The minimum atomic E-state index is 0.195. The molecule has 1 fully saturated rings. The highest BCUT2D eigenvalue weighted by Gasteiger charge is 2.32. The van der Waals surface area contributed by atoms with Crippen LogP contribution in [0.5, 0.6) is 0 Å². The second kappa shape index (κ2) is 4.36. The van der Waals surface area contributed by atoms with E-state index in [2.05, 4.69) is 41.3 Å². The Bertz CT molecular complexity index is 371. The van der Waals surface area contributed by atoms with Gasteiger partial charge in [0.2, 0.25) is 5.95 Å². The molecule has 1 heterocycles. The molecule has 88 valence electrons. The quantitative estimate of drug-likeness (QED) is 0.846. The third kappa shape index (κ3) is 2.15. The predicted molar refractivity (Wildman–Crippen MR) is 64.5 cm³/mol. The SMILES string of the molecule is CCc1nnc(NC2(C)CCC2)nc1CC. The second-order valence-electron chi connectivity index (χ2n) is 4.78. The zero-order chi connectivity index (χ0) is 11.6. The first-order valence-corrected chi connectivity index (χ1v) is 6.17. The molecule has 0 saturated heterocycles. The molecule has 1 saturated carbocycles. The van der Waals surface area contributed by atoms with Crippen LogP contribution in [0.4, 0.5) is 5.95 Å². The summed E-state index contributed by atoms with van der Waals surface area (Å²) >= 11 is 0. The van der Waals surface area contributed by atoms with Crippen LogP contribution in [-0.4, -0.2) is 20.7 Å². The summed E-state index contributed by atoms with van der Waals surface area (Å²) < 4.78 is 0. The van der Waals surface area contributed by atoms with Gasteiger partial charge in [0.15, 0.2) is 0 Å². The summed E-state index contributed by atoms with van der Waals surface area (Å²) in [5, 5.41) is 11.8. The van der Waals surface area contributed by atoms with E-state index in [1.165, 1.54) is 19.3 Å². The average Bonchev–Trinajstić information content (AvgIpc) is 2.26. The van der Waals surface area contributed by atoms with E-state index in [1.54, 1.807) is 0 Å². The Morgan fingerprint density at radius 2 is 1.81 bits per heavy atom. The number of anilines is 1. The van der Waals surface area contributed by atoms with Crippen molar-refractivity contribution in [2.24, 2.45) is 0 Å². The molecule has 0 aliphatic heterocycles. The number of aromatic nitrogens is 3. The Balaban J connectivity index is 2.15. The maximum Gasteiger partial charge on any atom is 0.243 e. The highest BCUT2D eigenvalue weighted by atomic mass is 15.3. The number of rotatable bonds is 4. The van der Waals surface area contributed by atoms with Crippen LogP contribution in [0.3, 0.4) is 0 Å². The van der Waals surface area contributed by atoms with Crippen molar-refractivity contribution in [1.82, 2.24) is 15.2 Å². The number of hydrogen-bond donors (Lipinski definition) is 1. The lowest BCUT2D eigenvalue weighted by Gasteiger charge is -2.39. The van der Waals surface area contributed by atoms with Gasteiger partial charge in [0.05, 0.1) is 11.4 Å². The standard InChI is InChI=1S/C12H20N4/c1-4-9-10(5-2)15-16-11(13-9)14-12(3)7-6-8-12/h4-8H2,1-3H3,(H,13,14,16). The lowest BCUT2D eigenvalue weighted by molar-refractivity contribution is 0.304. The Hall–Kier alpha value is -1.19. The second-order valence-corrected chi connectivity index (χ2v) is 4.78. The summed E-state index contributed by atoms with van der Waals surface area (Å²) in [5.41, 5.74) is 2.29. The first-order chi connectivity index (χ1) is 7.67. The molecule has 1 aliphatic rings. The molecule has 16 heavy (non-hydrogen) atoms. The van der Waals surface area contributed by atoms with Crippen molar-refractivity contribution in [3.8, 4) is 0 Å². The van der Waals surface area contributed by atoms with Gasteiger partial charge < -0.3 is 5.32 Å². The van der Waals surface area contributed by atoms with Gasteiger partial charge in [0.25, 0.3) is 0 Å². The van der Waals surface area contributed by atoms with Crippen molar-refractivity contribution in [1.29, 1.82) is 0 Å². The topological polar surface area (TPSA) is 50.7 Å². The van der Waals surface area contributed by atoms with Crippen molar-refractivity contribution in [3.05, 3.63) is 11.4 Å². The fourth-order valence-electron chi connectivity index (χ4n) is 2.09. The molecule has 1 N–H and O–H groups in total. The van der Waals surface area contributed by atoms with Crippen LogP contribution in [0.25, 0.3) is 0 Å². The summed E-state index contributed by atoms with van der Waals surface area (Å²) in [6, 6.07) is 0. The number of aryl methyl sites for hydroxylation is 2. The van der Waals surface area contributed by atoms with Crippen molar-refractivity contribution >= 4 is 5.95 Å². The lowest BCUT2D eigenvalue weighted by atomic mass is 9.79. The van der Waals surface area contributed by atoms with Gasteiger partial charge in [-0.2, -0.15) is 5.10 Å². The van der Waals surface area contributed by atoms with Gasteiger partial charge in [-0.15, -0.1) is 5.10 Å². The van der Waals surface area contributed by atoms with E-state index in [9.17, 15) is 0 Å². The summed E-state index contributed by atoms with van der Waals surface area (Å²) in [6.45, 7) is 6.42. The van der Waals surface area contributed by atoms with E-state index >= 15 is 0 Å². The van der Waals surface area contributed by atoms with Crippen molar-refractivity contribution < 1.29 is 0 Å². The van der Waals surface area contributed by atoms with Crippen LogP contribution < -0.4 is 5.32 Å². The smallest absolute Gasteiger partial charge is 0.243 e. The number of nitrogens with zero attached hydrogens (tertiary/aromatic N) is 3. The normalized spacial score (nSPS) is 17.9. The molecule has 0 bridgehead atoms. The minimum absolute atomic E-state index is 0.195. The van der Waals surface area contributed by atoms with E-state index < -0.39 is 0 Å². The van der Waals surface area contributed by atoms with Crippen LogP contribution in [0, 0.1) is 0 Å². The molecule has 0 aromatic carbocycles. The third-order valence-electron chi connectivity index (χ3n) is 3.38. The zero-order valence-electron chi connectivity index (χ0n) is 10.4. The van der Waals surface area contributed by atoms with E-state index in [4.69, 9.17) is 0 Å². The van der Waals surface area contributed by atoms with E-state index in [1.807, 2.05) is 0 Å². The predicted octanol–water partition coefficient (Wildman–Crippen LogP) is 2.35. The van der Waals surface area contributed by atoms with Crippen molar-refractivity contribution in [2.45, 2.75) is 58.4 Å². The van der Waals surface area contributed by atoms with E-state index in [-0.39, 0.29) is 5.54 Å². The van der Waals surface area contributed by atoms with Gasteiger partial charge >= 0.3 is 0 Å². The molecule has 0 amide bonds. The molecule has 0 spiro atoms. The Labute approximate surface area is 96.9 Å². The molecule has 0 unspecified atom stereocenters. The summed E-state index contributed by atoms with van der Waals surface area (Å²) in [4.78, 5) is 4.54. The molecule has 4 nitrogen and oxygen atoms in total. The molecule has 1 aliphatic carbocycles. The molecule has 4 heteroatoms. The van der Waals surface area contributed by atoms with Gasteiger partial charge in [0, 0.05) is 5.54 Å². The number of hydrogen-bond acceptors (Lipinski definition) is 4. The van der Waals surface area contributed by atoms with Crippen LogP contribution in [-0.2, 0) is 12.8 Å². The van der Waals surface area contributed by atoms with Crippen molar-refractivity contribution in [3.63, 3.8) is 0 Å². The maximum absolute atomic E-state index is 4.54. The third-order valence-corrected chi connectivity index (χ3v) is 3.38. The number of nitrogens with one attached hydrogen (secondary N) is 1. The first-order valence-electron chi connectivity index (χ1n) is 6.17. The van der Waals surface area contributed by atoms with Gasteiger partial charge in [0.1, 0.15) is 0 Å². The highest BCUT2D eigenvalue weighted by molar-refractivity contribution is 5.31. The lowest BCUT2D eigenvalue weighted by Crippen LogP contribution is -2.42. The minimum Gasteiger partial charge on any atom is -0.348 e. The van der Waals surface area contributed by atoms with Crippen LogP contribution in [0.1, 0.15) is 51.4 Å². The largest absolute Gasteiger partial charge is 0.348 e. The fraction of sp³-hybridized carbons (Fsp3) is 0.750. The zero-order valence-corrected chi connectivity index (χ0v) is 10.4. The highest BCUT2D eigenvalue weighted by Crippen LogP contribution is 2.33.